The van der Waals surface area contributed by atoms with E-state index < -0.39 is 0 Å². The number of imidazole rings is 1. The molecule has 0 aliphatic rings. The van der Waals surface area contributed by atoms with Crippen LogP contribution in [-0.2, 0) is 4.74 Å². The zero-order chi connectivity index (χ0) is 14.8. The molecule has 7 heteroatoms. The van der Waals surface area contributed by atoms with Crippen molar-refractivity contribution in [3.63, 3.8) is 0 Å². The second-order valence-electron chi connectivity index (χ2n) is 4.43. The van der Waals surface area contributed by atoms with Crippen molar-refractivity contribution in [2.45, 2.75) is 11.9 Å². The lowest BCUT2D eigenvalue weighted by Crippen LogP contribution is -2.05. The number of thioether (sulfide) groups is 1. The lowest BCUT2D eigenvalue weighted by Gasteiger charge is -2.00. The predicted octanol–water partition coefficient (Wildman–Crippen LogP) is 2.40. The first-order valence-corrected chi connectivity index (χ1v) is 7.84. The number of aromatic amines is 1. The molecular weight excluding hydrogens is 302 g/mol. The van der Waals surface area contributed by atoms with E-state index in [2.05, 4.69) is 10.1 Å². The third-order valence-corrected chi connectivity index (χ3v) is 3.84. The molecular formula is C15H17N3O3S. The second kappa shape index (κ2) is 6.67. The van der Waals surface area contributed by atoms with Gasteiger partial charge in [-0.25, -0.2) is 14.3 Å². The normalized spacial score (nSPS) is 10.5. The summed E-state index contributed by atoms with van der Waals surface area (Å²) in [4.78, 5) is 16.7. The number of fused-ring (bicyclic) bond motifs is 1. The minimum Gasteiger partial charge on any atom is -0.462 e. The number of nitrogens with one attached hydrogen (secondary N) is 1. The van der Waals surface area contributed by atoms with Gasteiger partial charge in [0.25, 0.3) is 0 Å². The molecule has 0 aliphatic heterocycles. The number of benzene rings is 1. The lowest BCUT2D eigenvalue weighted by atomic mass is 10.2. The molecule has 0 aliphatic carbocycles. The van der Waals surface area contributed by atoms with Crippen LogP contribution in [0.4, 0.5) is 0 Å². The maximum atomic E-state index is 12.1. The zero-order valence-corrected chi connectivity index (χ0v) is 13.1. The second-order valence-corrected chi connectivity index (χ2v) is 5.24. The molecule has 0 saturated carbocycles. The van der Waals surface area contributed by atoms with E-state index in [1.54, 1.807) is 11.4 Å². The van der Waals surface area contributed by atoms with E-state index in [-0.39, 0.29) is 11.4 Å². The van der Waals surface area contributed by atoms with Crippen molar-refractivity contribution in [2.75, 3.05) is 12.9 Å². The van der Waals surface area contributed by atoms with Gasteiger partial charge >= 0.3 is 5.97 Å². The molecule has 0 radical (unpaired) electrons. The fourth-order valence-corrected chi connectivity index (χ4v) is 2.76. The quantitative estimate of drug-likeness (QED) is 0.590. The smallest absolute Gasteiger partial charge is 0.344 e. The van der Waals surface area contributed by atoms with Gasteiger partial charge < -0.3 is 10.2 Å². The Morgan fingerprint density at radius 2 is 2.09 bits per heavy atom. The third-order valence-electron chi connectivity index (χ3n) is 3.13. The molecule has 3 aromatic rings. The fourth-order valence-electron chi connectivity index (χ4n) is 2.19. The largest absolute Gasteiger partial charge is 0.462 e. The first-order chi connectivity index (χ1) is 10.2. The summed E-state index contributed by atoms with van der Waals surface area (Å²) >= 11 is 1.46. The van der Waals surface area contributed by atoms with Gasteiger partial charge in [-0.2, -0.15) is 0 Å². The Morgan fingerprint density at radius 3 is 2.73 bits per heavy atom. The van der Waals surface area contributed by atoms with Gasteiger partial charge in [-0.15, -0.1) is 11.8 Å². The Kier molecular flexibility index (Phi) is 4.89. The molecule has 0 amide bonds. The number of carbonyl (C=O) groups is 1. The topological polar surface area (TPSA) is 90.9 Å². The number of aromatic nitrogens is 3. The molecule has 1 aromatic carbocycles. The molecule has 116 valence electrons. The number of nitrogens with zero attached hydrogens (tertiary/aromatic N) is 2. The van der Waals surface area contributed by atoms with E-state index in [1.807, 2.05) is 42.8 Å². The van der Waals surface area contributed by atoms with Gasteiger partial charge in [0, 0.05) is 5.56 Å². The van der Waals surface area contributed by atoms with Crippen LogP contribution in [0.5, 0.6) is 0 Å². The van der Waals surface area contributed by atoms with Crippen molar-refractivity contribution < 1.29 is 15.0 Å². The summed E-state index contributed by atoms with van der Waals surface area (Å²) in [6, 6.07) is 9.86. The molecule has 6 nitrogen and oxygen atoms in total. The first kappa shape index (κ1) is 16.1. The van der Waals surface area contributed by atoms with E-state index in [0.717, 1.165) is 16.3 Å². The van der Waals surface area contributed by atoms with Crippen LogP contribution in [0.3, 0.4) is 0 Å². The summed E-state index contributed by atoms with van der Waals surface area (Å²) in [6.45, 7) is 2.14. The minimum absolute atomic E-state index is 0. The molecule has 0 unspecified atom stereocenters. The van der Waals surface area contributed by atoms with E-state index in [0.29, 0.717) is 17.8 Å². The highest BCUT2D eigenvalue weighted by atomic mass is 32.2. The number of H-pyrrole nitrogens is 1. The molecule has 3 rings (SSSR count). The van der Waals surface area contributed by atoms with Crippen molar-refractivity contribution in [1.82, 2.24) is 14.6 Å². The van der Waals surface area contributed by atoms with Gasteiger partial charge in [-0.1, -0.05) is 30.3 Å². The highest BCUT2D eigenvalue weighted by molar-refractivity contribution is 7.98. The standard InChI is InChI=1S/C15H15N3O2S.H2O/c1-3-20-15(19)12-13-16-11(10-7-5-4-6-8-10)9-18(13)17-14(12)21-2;/h4-9,17H,3H2,1-2H3;1H2. The number of hydrogen-bond acceptors (Lipinski definition) is 4. The van der Waals surface area contributed by atoms with Crippen LogP contribution >= 0.6 is 11.8 Å². The van der Waals surface area contributed by atoms with Gasteiger partial charge in [0.15, 0.2) is 5.65 Å². The summed E-state index contributed by atoms with van der Waals surface area (Å²) in [5, 5.41) is 3.92. The Bertz CT molecular complexity index is 780. The Balaban J connectivity index is 0.00000176. The first-order valence-electron chi connectivity index (χ1n) is 6.62. The third kappa shape index (κ3) is 2.72. The lowest BCUT2D eigenvalue weighted by molar-refractivity contribution is 0.0524. The van der Waals surface area contributed by atoms with Crippen LogP contribution in [-0.4, -0.2) is 38.9 Å². The van der Waals surface area contributed by atoms with Crippen LogP contribution in [0.25, 0.3) is 16.9 Å². The predicted molar refractivity (Wildman–Crippen MR) is 86.3 cm³/mol. The van der Waals surface area contributed by atoms with E-state index in [1.165, 1.54) is 11.8 Å². The molecule has 3 N–H and O–H groups in total. The Morgan fingerprint density at radius 1 is 1.36 bits per heavy atom. The van der Waals surface area contributed by atoms with Crippen molar-refractivity contribution in [3.8, 4) is 11.3 Å². The monoisotopic (exact) mass is 319 g/mol. The van der Waals surface area contributed by atoms with E-state index >= 15 is 0 Å². The fraction of sp³-hybridized carbons (Fsp3) is 0.200. The van der Waals surface area contributed by atoms with Crippen molar-refractivity contribution in [3.05, 3.63) is 42.1 Å². The zero-order valence-electron chi connectivity index (χ0n) is 12.3. The maximum Gasteiger partial charge on any atom is 0.344 e. The molecule has 0 atom stereocenters. The number of ether oxygens (including phenoxy) is 1. The summed E-state index contributed by atoms with van der Waals surface area (Å²) in [5.74, 6) is -0.349. The molecule has 0 saturated heterocycles. The number of esters is 1. The highest BCUT2D eigenvalue weighted by Crippen LogP contribution is 2.27. The number of carbonyl (C=O) groups excluding carboxylic acids is 1. The Hall–Kier alpha value is -2.25. The Labute approximate surface area is 131 Å². The van der Waals surface area contributed by atoms with E-state index in [9.17, 15) is 4.79 Å². The highest BCUT2D eigenvalue weighted by Gasteiger charge is 2.22. The molecule has 2 aromatic heterocycles. The van der Waals surface area contributed by atoms with Crippen LogP contribution in [0.2, 0.25) is 0 Å². The van der Waals surface area contributed by atoms with Crippen molar-refractivity contribution in [1.29, 1.82) is 0 Å². The molecule has 0 spiro atoms. The van der Waals surface area contributed by atoms with E-state index in [4.69, 9.17) is 4.74 Å². The average molecular weight is 319 g/mol. The van der Waals surface area contributed by atoms with Crippen LogP contribution in [0, 0.1) is 0 Å². The average Bonchev–Trinajstić information content (AvgIpc) is 3.05. The summed E-state index contributed by atoms with van der Waals surface area (Å²) in [6.07, 6.45) is 3.79. The molecule has 22 heavy (non-hydrogen) atoms. The van der Waals surface area contributed by atoms with Crippen molar-refractivity contribution >= 4 is 23.4 Å². The van der Waals surface area contributed by atoms with Gasteiger partial charge in [-0.05, 0) is 13.2 Å². The minimum atomic E-state index is -0.349. The summed E-state index contributed by atoms with van der Waals surface area (Å²) < 4.78 is 6.89. The molecule has 0 fully saturated rings. The van der Waals surface area contributed by atoms with Gasteiger partial charge in [0.2, 0.25) is 0 Å². The summed E-state index contributed by atoms with van der Waals surface area (Å²) in [7, 11) is 0. The van der Waals surface area contributed by atoms with Gasteiger partial charge in [0.1, 0.15) is 10.6 Å². The van der Waals surface area contributed by atoms with Crippen molar-refractivity contribution in [2.24, 2.45) is 0 Å². The SMILES string of the molecule is CCOC(=O)c1c(SC)[nH]n2cc(-c3ccccc3)nc12.O. The number of hydrogen-bond donors (Lipinski definition) is 1. The molecule has 2 heterocycles. The van der Waals surface area contributed by atoms with Crippen LogP contribution in [0.1, 0.15) is 17.3 Å². The number of rotatable bonds is 4. The van der Waals surface area contributed by atoms with Crippen LogP contribution in [0.15, 0.2) is 41.6 Å². The van der Waals surface area contributed by atoms with Gasteiger partial charge in [-0.3, -0.25) is 5.10 Å². The maximum absolute atomic E-state index is 12.1. The van der Waals surface area contributed by atoms with Crippen LogP contribution < -0.4 is 0 Å². The van der Waals surface area contributed by atoms with Gasteiger partial charge in [0.05, 0.1) is 18.5 Å². The molecule has 0 bridgehead atoms. The summed E-state index contributed by atoms with van der Waals surface area (Å²) in [5.41, 5.74) is 2.92.